The molecule has 0 radical (unpaired) electrons. The van der Waals surface area contributed by atoms with E-state index in [4.69, 9.17) is 0 Å². The van der Waals surface area contributed by atoms with Gasteiger partial charge in [-0.05, 0) is 42.5 Å². The Bertz CT molecular complexity index is 382. The maximum absolute atomic E-state index is 3.66. The van der Waals surface area contributed by atoms with Crippen LogP contribution in [0.15, 0.2) is 22.7 Å². The molecule has 0 bridgehead atoms. The summed E-state index contributed by atoms with van der Waals surface area (Å²) in [6.07, 6.45) is 2.73. The fourth-order valence-corrected chi connectivity index (χ4v) is 2.93. The molecular formula is C13H17BrN2. The van der Waals surface area contributed by atoms with Crippen LogP contribution in [0.2, 0.25) is 0 Å². The highest BCUT2D eigenvalue weighted by Gasteiger charge is 2.26. The largest absolute Gasteiger partial charge is 0.369 e. The average molecular weight is 281 g/mol. The summed E-state index contributed by atoms with van der Waals surface area (Å²) in [7, 11) is 0. The molecule has 3 heteroatoms. The molecule has 0 amide bonds. The lowest BCUT2D eigenvalue weighted by Gasteiger charge is -2.30. The van der Waals surface area contributed by atoms with Gasteiger partial charge in [0, 0.05) is 36.3 Å². The Hall–Kier alpha value is -0.540. The summed E-state index contributed by atoms with van der Waals surface area (Å²) in [5, 5.41) is 3.39. The first-order valence-corrected chi connectivity index (χ1v) is 6.89. The van der Waals surface area contributed by atoms with Crippen molar-refractivity contribution in [3.63, 3.8) is 0 Å². The van der Waals surface area contributed by atoms with Crippen LogP contribution < -0.4 is 10.2 Å². The molecule has 1 N–H and O–H groups in total. The van der Waals surface area contributed by atoms with Gasteiger partial charge in [-0.1, -0.05) is 15.9 Å². The maximum Gasteiger partial charge on any atom is 0.0370 e. The summed E-state index contributed by atoms with van der Waals surface area (Å²) >= 11 is 3.66. The highest BCUT2D eigenvalue weighted by Crippen LogP contribution is 2.44. The van der Waals surface area contributed by atoms with E-state index in [9.17, 15) is 0 Å². The Morgan fingerprint density at radius 3 is 2.62 bits per heavy atom. The van der Waals surface area contributed by atoms with Crippen molar-refractivity contribution in [2.45, 2.75) is 18.8 Å². The van der Waals surface area contributed by atoms with E-state index in [1.54, 1.807) is 0 Å². The molecule has 2 aliphatic rings. The van der Waals surface area contributed by atoms with Crippen LogP contribution >= 0.6 is 15.9 Å². The Balaban J connectivity index is 1.85. The van der Waals surface area contributed by atoms with E-state index in [0.29, 0.717) is 0 Å². The van der Waals surface area contributed by atoms with Crippen LogP contribution in [-0.2, 0) is 0 Å². The first kappa shape index (κ1) is 10.6. The van der Waals surface area contributed by atoms with Crippen molar-refractivity contribution < 1.29 is 0 Å². The monoisotopic (exact) mass is 280 g/mol. The quantitative estimate of drug-likeness (QED) is 0.896. The number of rotatable bonds is 2. The van der Waals surface area contributed by atoms with E-state index in [1.807, 2.05) is 0 Å². The van der Waals surface area contributed by atoms with Gasteiger partial charge in [0.05, 0.1) is 0 Å². The highest BCUT2D eigenvalue weighted by molar-refractivity contribution is 9.10. The van der Waals surface area contributed by atoms with Crippen LogP contribution in [0.5, 0.6) is 0 Å². The highest BCUT2D eigenvalue weighted by atomic mass is 79.9. The van der Waals surface area contributed by atoms with Crippen molar-refractivity contribution in [3.05, 3.63) is 28.2 Å². The van der Waals surface area contributed by atoms with E-state index >= 15 is 0 Å². The molecule has 1 aromatic rings. The zero-order chi connectivity index (χ0) is 11.0. The predicted octanol–water partition coefficient (Wildman–Crippen LogP) is 2.74. The standard InChI is InChI=1S/C13H17BrN2/c14-13-4-3-11(9-12(13)10-1-2-10)16-7-5-15-6-8-16/h3-4,9-10,15H,1-2,5-8H2. The van der Waals surface area contributed by atoms with E-state index < -0.39 is 0 Å². The third kappa shape index (κ3) is 2.11. The molecule has 2 nitrogen and oxygen atoms in total. The average Bonchev–Trinajstić information content (AvgIpc) is 3.15. The van der Waals surface area contributed by atoms with Crippen molar-refractivity contribution in [3.8, 4) is 0 Å². The second-order valence-corrected chi connectivity index (χ2v) is 5.57. The molecule has 1 saturated carbocycles. The van der Waals surface area contributed by atoms with Crippen LogP contribution in [0.1, 0.15) is 24.3 Å². The second-order valence-electron chi connectivity index (χ2n) is 4.72. The molecule has 0 aromatic heterocycles. The van der Waals surface area contributed by atoms with Gasteiger partial charge in [0.15, 0.2) is 0 Å². The summed E-state index contributed by atoms with van der Waals surface area (Å²) in [6.45, 7) is 4.47. The number of nitrogens with zero attached hydrogens (tertiary/aromatic N) is 1. The van der Waals surface area contributed by atoms with Crippen LogP contribution in [0.4, 0.5) is 5.69 Å². The summed E-state index contributed by atoms with van der Waals surface area (Å²) in [6, 6.07) is 6.83. The van der Waals surface area contributed by atoms with Crippen LogP contribution in [0.3, 0.4) is 0 Å². The molecule has 0 unspecified atom stereocenters. The first-order chi connectivity index (χ1) is 7.84. The van der Waals surface area contributed by atoms with Gasteiger partial charge in [0.2, 0.25) is 0 Å². The molecule has 86 valence electrons. The van der Waals surface area contributed by atoms with Crippen molar-refractivity contribution in [2.24, 2.45) is 0 Å². The topological polar surface area (TPSA) is 15.3 Å². The number of benzene rings is 1. The number of hydrogen-bond donors (Lipinski definition) is 1. The zero-order valence-electron chi connectivity index (χ0n) is 9.38. The molecule has 1 heterocycles. The van der Waals surface area contributed by atoms with Crippen molar-refractivity contribution >= 4 is 21.6 Å². The van der Waals surface area contributed by atoms with Gasteiger partial charge in [0.1, 0.15) is 0 Å². The number of halogens is 1. The van der Waals surface area contributed by atoms with Crippen LogP contribution in [0.25, 0.3) is 0 Å². The number of nitrogens with one attached hydrogen (secondary N) is 1. The SMILES string of the molecule is Brc1ccc(N2CCNCC2)cc1C1CC1. The third-order valence-electron chi connectivity index (χ3n) is 3.48. The summed E-state index contributed by atoms with van der Waals surface area (Å²) in [5.41, 5.74) is 2.91. The van der Waals surface area contributed by atoms with Gasteiger partial charge >= 0.3 is 0 Å². The molecule has 1 aromatic carbocycles. The minimum absolute atomic E-state index is 0.817. The van der Waals surface area contributed by atoms with Crippen molar-refractivity contribution in [1.29, 1.82) is 0 Å². The summed E-state index contributed by atoms with van der Waals surface area (Å²) < 4.78 is 1.29. The van der Waals surface area contributed by atoms with Crippen LogP contribution in [-0.4, -0.2) is 26.2 Å². The third-order valence-corrected chi connectivity index (χ3v) is 4.20. The molecule has 0 atom stereocenters. The van der Waals surface area contributed by atoms with Crippen LogP contribution in [0, 0.1) is 0 Å². The van der Waals surface area contributed by atoms with Crippen molar-refractivity contribution in [1.82, 2.24) is 5.32 Å². The fraction of sp³-hybridized carbons (Fsp3) is 0.538. The lowest BCUT2D eigenvalue weighted by Crippen LogP contribution is -2.43. The maximum atomic E-state index is 3.66. The lowest BCUT2D eigenvalue weighted by atomic mass is 10.1. The van der Waals surface area contributed by atoms with Gasteiger partial charge < -0.3 is 10.2 Å². The molecule has 1 aliphatic heterocycles. The Kier molecular flexibility index (Phi) is 2.90. The summed E-state index contributed by atoms with van der Waals surface area (Å²) in [4.78, 5) is 2.48. The number of anilines is 1. The molecule has 0 spiro atoms. The van der Waals surface area contributed by atoms with Crippen molar-refractivity contribution in [2.75, 3.05) is 31.1 Å². The molecule has 16 heavy (non-hydrogen) atoms. The Morgan fingerprint density at radius 2 is 1.94 bits per heavy atom. The normalized spacial score (nSPS) is 21.2. The van der Waals surface area contributed by atoms with Gasteiger partial charge in [-0.15, -0.1) is 0 Å². The summed E-state index contributed by atoms with van der Waals surface area (Å²) in [5.74, 6) is 0.817. The first-order valence-electron chi connectivity index (χ1n) is 6.10. The predicted molar refractivity (Wildman–Crippen MR) is 71.2 cm³/mol. The molecule has 1 saturated heterocycles. The molecule has 1 aliphatic carbocycles. The molecule has 3 rings (SSSR count). The zero-order valence-corrected chi connectivity index (χ0v) is 11.0. The lowest BCUT2D eigenvalue weighted by molar-refractivity contribution is 0.589. The minimum Gasteiger partial charge on any atom is -0.369 e. The van der Waals surface area contributed by atoms with E-state index in [1.165, 1.54) is 28.6 Å². The molecular weight excluding hydrogens is 264 g/mol. The second kappa shape index (κ2) is 4.38. The fourth-order valence-electron chi connectivity index (χ4n) is 2.36. The Labute approximate surface area is 105 Å². The van der Waals surface area contributed by atoms with E-state index in [-0.39, 0.29) is 0 Å². The van der Waals surface area contributed by atoms with E-state index in [2.05, 4.69) is 44.3 Å². The van der Waals surface area contributed by atoms with E-state index in [0.717, 1.165) is 32.1 Å². The minimum atomic E-state index is 0.817. The van der Waals surface area contributed by atoms with Gasteiger partial charge in [0.25, 0.3) is 0 Å². The number of hydrogen-bond acceptors (Lipinski definition) is 2. The number of piperazine rings is 1. The van der Waals surface area contributed by atoms with Gasteiger partial charge in [-0.2, -0.15) is 0 Å². The smallest absolute Gasteiger partial charge is 0.0370 e. The van der Waals surface area contributed by atoms with Gasteiger partial charge in [-0.3, -0.25) is 0 Å². The van der Waals surface area contributed by atoms with Gasteiger partial charge in [-0.25, -0.2) is 0 Å². The molecule has 2 fully saturated rings. The Morgan fingerprint density at radius 1 is 1.19 bits per heavy atom.